The molecule has 0 aliphatic rings. The molecular weight excluding hydrogens is 323 g/mol. The lowest BCUT2D eigenvalue weighted by Crippen LogP contribution is -2.21. The van der Waals surface area contributed by atoms with Crippen LogP contribution in [0.4, 0.5) is 5.69 Å². The highest BCUT2D eigenvalue weighted by Crippen LogP contribution is 2.33. The van der Waals surface area contributed by atoms with E-state index in [1.54, 1.807) is 6.92 Å². The molecule has 0 spiro atoms. The van der Waals surface area contributed by atoms with E-state index < -0.39 is 5.91 Å². The van der Waals surface area contributed by atoms with E-state index in [1.165, 1.54) is 24.4 Å². The number of nitrogens with one attached hydrogen (secondary N) is 2. The fourth-order valence-corrected chi connectivity index (χ4v) is 2.50. The molecule has 0 saturated carbocycles. The summed E-state index contributed by atoms with van der Waals surface area (Å²) in [7, 11) is 0. The Kier molecular flexibility index (Phi) is 4.38. The molecule has 0 aliphatic carbocycles. The van der Waals surface area contributed by atoms with Gasteiger partial charge in [0.2, 0.25) is 0 Å². The van der Waals surface area contributed by atoms with E-state index in [-0.39, 0.29) is 26.7 Å². The van der Waals surface area contributed by atoms with E-state index in [0.29, 0.717) is 10.7 Å². The van der Waals surface area contributed by atoms with Crippen LogP contribution < -0.4 is 10.7 Å². The third kappa shape index (κ3) is 3.15. The van der Waals surface area contributed by atoms with Crippen molar-refractivity contribution in [3.05, 3.63) is 60.9 Å². The predicted octanol–water partition coefficient (Wildman–Crippen LogP) is 3.90. The standard InChI is InChI=1S/C13H9Cl3N2O2/c1-6-2-11(19)8(5-17-6)13(20)18-12-9(15)3-7(14)4-10(12)16/h2-5H,1H3,(H,17,19)(H,18,20). The van der Waals surface area contributed by atoms with Crippen molar-refractivity contribution in [1.82, 2.24) is 4.98 Å². The predicted molar refractivity (Wildman–Crippen MR) is 81.2 cm³/mol. The molecule has 4 nitrogen and oxygen atoms in total. The van der Waals surface area contributed by atoms with Crippen molar-refractivity contribution < 1.29 is 4.79 Å². The van der Waals surface area contributed by atoms with Crippen LogP contribution >= 0.6 is 34.8 Å². The number of halogens is 3. The van der Waals surface area contributed by atoms with Crippen molar-refractivity contribution in [2.24, 2.45) is 0 Å². The van der Waals surface area contributed by atoms with Gasteiger partial charge in [0.1, 0.15) is 5.56 Å². The number of amides is 1. The number of benzene rings is 1. The SMILES string of the molecule is Cc1cc(=O)c(C(=O)Nc2c(Cl)cc(Cl)cc2Cl)c[nH]1. The second-order valence-electron chi connectivity index (χ2n) is 4.09. The lowest BCUT2D eigenvalue weighted by molar-refractivity contribution is 0.102. The van der Waals surface area contributed by atoms with Gasteiger partial charge in [-0.1, -0.05) is 34.8 Å². The number of aryl methyl sites for hydroxylation is 1. The summed E-state index contributed by atoms with van der Waals surface area (Å²) < 4.78 is 0. The molecule has 7 heteroatoms. The van der Waals surface area contributed by atoms with Gasteiger partial charge in [0.05, 0.1) is 15.7 Å². The summed E-state index contributed by atoms with van der Waals surface area (Å²) in [5.41, 5.74) is 0.453. The molecule has 2 rings (SSSR count). The molecule has 0 unspecified atom stereocenters. The average molecular weight is 332 g/mol. The number of hydrogen-bond acceptors (Lipinski definition) is 2. The first-order valence-corrected chi connectivity index (χ1v) is 6.67. The summed E-state index contributed by atoms with van der Waals surface area (Å²) in [6, 6.07) is 4.23. The molecule has 2 N–H and O–H groups in total. The van der Waals surface area contributed by atoms with Gasteiger partial charge < -0.3 is 10.3 Å². The lowest BCUT2D eigenvalue weighted by atomic mass is 10.2. The molecule has 0 bridgehead atoms. The van der Waals surface area contributed by atoms with Crippen molar-refractivity contribution in [2.75, 3.05) is 5.32 Å². The molecule has 0 saturated heterocycles. The van der Waals surface area contributed by atoms with Gasteiger partial charge in [0.25, 0.3) is 5.91 Å². The van der Waals surface area contributed by atoms with Crippen molar-refractivity contribution in [3.63, 3.8) is 0 Å². The van der Waals surface area contributed by atoms with E-state index in [0.717, 1.165) is 0 Å². The van der Waals surface area contributed by atoms with Crippen LogP contribution in [0.2, 0.25) is 15.1 Å². The number of aromatic nitrogens is 1. The van der Waals surface area contributed by atoms with Crippen molar-refractivity contribution in [2.45, 2.75) is 6.92 Å². The van der Waals surface area contributed by atoms with Crippen LogP contribution in [-0.2, 0) is 0 Å². The Hall–Kier alpha value is -1.49. The van der Waals surface area contributed by atoms with Crippen LogP contribution in [0.15, 0.2) is 29.2 Å². The number of carbonyl (C=O) groups is 1. The third-order valence-corrected chi connectivity index (χ3v) is 3.36. The van der Waals surface area contributed by atoms with Gasteiger partial charge in [-0.25, -0.2) is 0 Å². The average Bonchev–Trinajstić information content (AvgIpc) is 2.33. The molecule has 1 heterocycles. The normalized spacial score (nSPS) is 10.4. The third-order valence-electron chi connectivity index (χ3n) is 2.55. The highest BCUT2D eigenvalue weighted by Gasteiger charge is 2.15. The summed E-state index contributed by atoms with van der Waals surface area (Å²) >= 11 is 17.7. The van der Waals surface area contributed by atoms with Gasteiger partial charge in [-0.15, -0.1) is 0 Å². The first-order chi connectivity index (χ1) is 9.38. The highest BCUT2D eigenvalue weighted by molar-refractivity contribution is 6.42. The van der Waals surface area contributed by atoms with Gasteiger partial charge in [0, 0.05) is 23.0 Å². The lowest BCUT2D eigenvalue weighted by Gasteiger charge is -2.09. The summed E-state index contributed by atoms with van der Waals surface area (Å²) in [6.45, 7) is 1.72. The first kappa shape index (κ1) is 14.9. The number of rotatable bonds is 2. The van der Waals surface area contributed by atoms with Crippen LogP contribution in [0.5, 0.6) is 0 Å². The number of H-pyrrole nitrogens is 1. The molecule has 1 aromatic carbocycles. The maximum Gasteiger partial charge on any atom is 0.261 e. The number of pyridine rings is 1. The van der Waals surface area contributed by atoms with Gasteiger partial charge in [0.15, 0.2) is 5.43 Å². The minimum atomic E-state index is -0.600. The molecule has 20 heavy (non-hydrogen) atoms. The quantitative estimate of drug-likeness (QED) is 0.877. The van der Waals surface area contributed by atoms with Gasteiger partial charge in [-0.2, -0.15) is 0 Å². The van der Waals surface area contributed by atoms with E-state index in [4.69, 9.17) is 34.8 Å². The topological polar surface area (TPSA) is 62.0 Å². The van der Waals surface area contributed by atoms with Gasteiger partial charge in [-0.05, 0) is 19.1 Å². The zero-order valence-corrected chi connectivity index (χ0v) is 12.5. The highest BCUT2D eigenvalue weighted by atomic mass is 35.5. The molecular formula is C13H9Cl3N2O2. The van der Waals surface area contributed by atoms with Crippen molar-refractivity contribution in [1.29, 1.82) is 0 Å². The van der Waals surface area contributed by atoms with E-state index in [9.17, 15) is 9.59 Å². The maximum absolute atomic E-state index is 12.1. The monoisotopic (exact) mass is 330 g/mol. The maximum atomic E-state index is 12.1. The van der Waals surface area contributed by atoms with Crippen LogP contribution in [0.25, 0.3) is 0 Å². The van der Waals surface area contributed by atoms with E-state index >= 15 is 0 Å². The fourth-order valence-electron chi connectivity index (χ4n) is 1.59. The van der Waals surface area contributed by atoms with Crippen LogP contribution in [0.3, 0.4) is 0 Å². The summed E-state index contributed by atoms with van der Waals surface area (Å²) in [5, 5.41) is 3.24. The Morgan fingerprint density at radius 2 is 1.75 bits per heavy atom. The van der Waals surface area contributed by atoms with Gasteiger partial charge in [-0.3, -0.25) is 9.59 Å². The molecule has 0 aliphatic heterocycles. The van der Waals surface area contributed by atoms with E-state index in [1.807, 2.05) is 0 Å². The Bertz CT molecular complexity index is 718. The number of carbonyl (C=O) groups excluding carboxylic acids is 1. The molecule has 1 aromatic heterocycles. The fraction of sp³-hybridized carbons (Fsp3) is 0.0769. The van der Waals surface area contributed by atoms with E-state index in [2.05, 4.69) is 10.3 Å². The molecule has 0 atom stereocenters. The Morgan fingerprint density at radius 1 is 1.15 bits per heavy atom. The van der Waals surface area contributed by atoms with Crippen molar-refractivity contribution in [3.8, 4) is 0 Å². The second kappa shape index (κ2) is 5.87. The molecule has 0 radical (unpaired) electrons. The van der Waals surface area contributed by atoms with Crippen LogP contribution in [0.1, 0.15) is 16.1 Å². The Balaban J connectivity index is 2.35. The van der Waals surface area contributed by atoms with Crippen LogP contribution in [-0.4, -0.2) is 10.9 Å². The summed E-state index contributed by atoms with van der Waals surface area (Å²) in [4.78, 5) is 26.6. The van der Waals surface area contributed by atoms with Gasteiger partial charge >= 0.3 is 0 Å². The van der Waals surface area contributed by atoms with Crippen LogP contribution in [0, 0.1) is 6.92 Å². The minimum absolute atomic E-state index is 0.0299. The number of aromatic amines is 1. The molecule has 2 aromatic rings. The Morgan fingerprint density at radius 3 is 2.30 bits per heavy atom. The number of hydrogen-bond donors (Lipinski definition) is 2. The summed E-state index contributed by atoms with van der Waals surface area (Å²) in [6.07, 6.45) is 1.34. The smallest absolute Gasteiger partial charge is 0.261 e. The minimum Gasteiger partial charge on any atom is -0.364 e. The zero-order chi connectivity index (χ0) is 14.9. The molecule has 104 valence electrons. The second-order valence-corrected chi connectivity index (χ2v) is 5.34. The largest absolute Gasteiger partial charge is 0.364 e. The van der Waals surface area contributed by atoms with Crippen molar-refractivity contribution >= 4 is 46.4 Å². The number of anilines is 1. The molecule has 1 amide bonds. The molecule has 0 fully saturated rings. The Labute approximate surface area is 129 Å². The zero-order valence-electron chi connectivity index (χ0n) is 10.3. The summed E-state index contributed by atoms with van der Waals surface area (Å²) in [5.74, 6) is -0.600. The first-order valence-electron chi connectivity index (χ1n) is 5.53.